The van der Waals surface area contributed by atoms with Crippen LogP contribution < -0.4 is 15.8 Å². The largest absolute Gasteiger partial charge is 0.493 e. The summed E-state index contributed by atoms with van der Waals surface area (Å²) in [7, 11) is 1.67. The molecule has 0 aliphatic heterocycles. The average molecular weight is 356 g/mol. The minimum atomic E-state index is -0.688. The molecule has 0 aliphatic rings. The van der Waals surface area contributed by atoms with Crippen LogP contribution in [0.15, 0.2) is 42.5 Å². The topological polar surface area (TPSA) is 73.6 Å². The Morgan fingerprint density at radius 2 is 1.77 bits per heavy atom. The monoisotopic (exact) mass is 356 g/mol. The number of amides is 1. The third-order valence-corrected chi connectivity index (χ3v) is 4.15. The van der Waals surface area contributed by atoms with E-state index in [0.717, 1.165) is 34.4 Å². The molecule has 0 bridgehead atoms. The summed E-state index contributed by atoms with van der Waals surface area (Å²) in [5, 5.41) is 2.90. The van der Waals surface area contributed by atoms with E-state index in [9.17, 15) is 4.79 Å². The fourth-order valence-corrected chi connectivity index (χ4v) is 2.55. The second-order valence-corrected chi connectivity index (χ2v) is 6.41. The minimum Gasteiger partial charge on any atom is -0.493 e. The molecule has 3 N–H and O–H groups in total. The van der Waals surface area contributed by atoms with Crippen molar-refractivity contribution in [3.05, 3.63) is 64.7 Å². The van der Waals surface area contributed by atoms with Gasteiger partial charge < -0.3 is 20.5 Å². The highest BCUT2D eigenvalue weighted by atomic mass is 16.5. The molecule has 5 heteroatoms. The van der Waals surface area contributed by atoms with Crippen molar-refractivity contribution in [2.45, 2.75) is 32.9 Å². The number of aryl methyl sites for hydroxylation is 2. The Morgan fingerprint density at radius 1 is 1.08 bits per heavy atom. The van der Waals surface area contributed by atoms with Gasteiger partial charge in [-0.25, -0.2) is 0 Å². The number of benzene rings is 2. The summed E-state index contributed by atoms with van der Waals surface area (Å²) in [6.45, 7) is 5.61. The van der Waals surface area contributed by atoms with E-state index in [4.69, 9.17) is 15.2 Å². The zero-order chi connectivity index (χ0) is 18.9. The third kappa shape index (κ3) is 5.86. The van der Waals surface area contributed by atoms with E-state index in [0.29, 0.717) is 19.8 Å². The van der Waals surface area contributed by atoms with Crippen LogP contribution in [-0.2, 0) is 16.1 Å². The molecule has 0 saturated heterocycles. The van der Waals surface area contributed by atoms with Crippen LogP contribution in [0.4, 0.5) is 0 Å². The molecule has 0 radical (unpaired) electrons. The highest BCUT2D eigenvalue weighted by Gasteiger charge is 2.16. The van der Waals surface area contributed by atoms with Crippen molar-refractivity contribution in [2.24, 2.45) is 5.73 Å². The quantitative estimate of drug-likeness (QED) is 0.677. The minimum absolute atomic E-state index is 0.209. The van der Waals surface area contributed by atoms with E-state index < -0.39 is 6.04 Å². The summed E-state index contributed by atoms with van der Waals surface area (Å²) < 4.78 is 10.9. The number of hydrogen-bond acceptors (Lipinski definition) is 4. The molecule has 0 aliphatic carbocycles. The van der Waals surface area contributed by atoms with Gasteiger partial charge in [-0.3, -0.25) is 4.79 Å². The van der Waals surface area contributed by atoms with Gasteiger partial charge in [0.15, 0.2) is 0 Å². The van der Waals surface area contributed by atoms with Crippen LogP contribution in [-0.4, -0.2) is 26.2 Å². The molecule has 0 spiro atoms. The SMILES string of the molecule is COCCCOc1cc(C)ccc1CNC(=O)C(N)c1ccc(C)cc1. The lowest BCUT2D eigenvalue weighted by atomic mass is 10.1. The Balaban J connectivity index is 1.97. The van der Waals surface area contributed by atoms with Gasteiger partial charge >= 0.3 is 0 Å². The van der Waals surface area contributed by atoms with Crippen LogP contribution in [0.25, 0.3) is 0 Å². The van der Waals surface area contributed by atoms with Crippen molar-refractivity contribution in [1.29, 1.82) is 0 Å². The molecular weight excluding hydrogens is 328 g/mol. The maximum absolute atomic E-state index is 12.4. The standard InChI is InChI=1S/C21H28N2O3/c1-15-5-8-17(9-6-15)20(22)21(24)23-14-18-10-7-16(2)13-19(18)26-12-4-11-25-3/h5-10,13,20H,4,11-12,14,22H2,1-3H3,(H,23,24). The van der Waals surface area contributed by atoms with Crippen LogP contribution in [0.5, 0.6) is 5.75 Å². The number of carbonyl (C=O) groups excluding carboxylic acids is 1. The second kappa shape index (κ2) is 9.94. The van der Waals surface area contributed by atoms with Crippen LogP contribution in [0.3, 0.4) is 0 Å². The molecule has 1 amide bonds. The fourth-order valence-electron chi connectivity index (χ4n) is 2.55. The van der Waals surface area contributed by atoms with Crippen molar-refractivity contribution in [3.8, 4) is 5.75 Å². The molecule has 2 rings (SSSR count). The van der Waals surface area contributed by atoms with Crippen LogP contribution in [0.2, 0.25) is 0 Å². The summed E-state index contributed by atoms with van der Waals surface area (Å²) in [6.07, 6.45) is 0.814. The van der Waals surface area contributed by atoms with Gasteiger partial charge in [-0.1, -0.05) is 42.0 Å². The predicted molar refractivity (Wildman–Crippen MR) is 103 cm³/mol. The van der Waals surface area contributed by atoms with Crippen LogP contribution in [0, 0.1) is 13.8 Å². The number of carbonyl (C=O) groups is 1. The number of methoxy groups -OCH3 is 1. The average Bonchev–Trinajstić information content (AvgIpc) is 2.64. The fraction of sp³-hybridized carbons (Fsp3) is 0.381. The summed E-state index contributed by atoms with van der Waals surface area (Å²) >= 11 is 0. The van der Waals surface area contributed by atoms with Crippen LogP contribution in [0.1, 0.15) is 34.7 Å². The Kier molecular flexibility index (Phi) is 7.63. The van der Waals surface area contributed by atoms with E-state index in [1.807, 2.05) is 56.3 Å². The van der Waals surface area contributed by atoms with E-state index in [-0.39, 0.29) is 5.91 Å². The Labute approximate surface area is 155 Å². The zero-order valence-electron chi connectivity index (χ0n) is 15.7. The van der Waals surface area contributed by atoms with Gasteiger partial charge in [-0.15, -0.1) is 0 Å². The van der Waals surface area contributed by atoms with E-state index in [2.05, 4.69) is 5.32 Å². The number of hydrogen-bond donors (Lipinski definition) is 2. The molecule has 140 valence electrons. The van der Waals surface area contributed by atoms with Crippen LogP contribution >= 0.6 is 0 Å². The molecule has 26 heavy (non-hydrogen) atoms. The summed E-state index contributed by atoms with van der Waals surface area (Å²) in [6, 6.07) is 12.9. The first-order chi connectivity index (χ1) is 12.5. The van der Waals surface area contributed by atoms with Gasteiger partial charge in [0.2, 0.25) is 5.91 Å². The number of nitrogens with one attached hydrogen (secondary N) is 1. The molecule has 2 aromatic carbocycles. The lowest BCUT2D eigenvalue weighted by molar-refractivity contribution is -0.122. The van der Waals surface area contributed by atoms with Crippen molar-refractivity contribution in [1.82, 2.24) is 5.32 Å². The third-order valence-electron chi connectivity index (χ3n) is 4.15. The lowest BCUT2D eigenvalue weighted by Gasteiger charge is -2.16. The van der Waals surface area contributed by atoms with E-state index in [1.165, 1.54) is 0 Å². The van der Waals surface area contributed by atoms with Gasteiger partial charge in [-0.05, 0) is 31.0 Å². The van der Waals surface area contributed by atoms with Gasteiger partial charge in [-0.2, -0.15) is 0 Å². The van der Waals surface area contributed by atoms with Gasteiger partial charge in [0, 0.05) is 32.2 Å². The number of ether oxygens (including phenoxy) is 2. The molecule has 0 aromatic heterocycles. The zero-order valence-corrected chi connectivity index (χ0v) is 15.7. The predicted octanol–water partition coefficient (Wildman–Crippen LogP) is 3.03. The lowest BCUT2D eigenvalue weighted by Crippen LogP contribution is -2.33. The molecule has 0 heterocycles. The maximum atomic E-state index is 12.4. The number of rotatable bonds is 9. The summed E-state index contributed by atoms with van der Waals surface area (Å²) in [5.74, 6) is 0.574. The Bertz CT molecular complexity index is 714. The second-order valence-electron chi connectivity index (χ2n) is 6.41. The highest BCUT2D eigenvalue weighted by Crippen LogP contribution is 2.21. The van der Waals surface area contributed by atoms with Gasteiger partial charge in [0.25, 0.3) is 0 Å². The first kappa shape index (κ1) is 19.9. The molecule has 0 saturated carbocycles. The molecule has 2 aromatic rings. The Morgan fingerprint density at radius 3 is 2.46 bits per heavy atom. The van der Waals surface area contributed by atoms with E-state index >= 15 is 0 Å². The summed E-state index contributed by atoms with van der Waals surface area (Å²) in [5.41, 5.74) is 10.0. The van der Waals surface area contributed by atoms with E-state index in [1.54, 1.807) is 7.11 Å². The molecular formula is C21H28N2O3. The molecule has 1 atom stereocenters. The van der Waals surface area contributed by atoms with Gasteiger partial charge in [0.1, 0.15) is 11.8 Å². The smallest absolute Gasteiger partial charge is 0.241 e. The van der Waals surface area contributed by atoms with Crippen molar-refractivity contribution in [3.63, 3.8) is 0 Å². The number of nitrogens with two attached hydrogens (primary N) is 1. The van der Waals surface area contributed by atoms with Crippen molar-refractivity contribution >= 4 is 5.91 Å². The first-order valence-electron chi connectivity index (χ1n) is 8.82. The highest BCUT2D eigenvalue weighted by molar-refractivity contribution is 5.82. The molecule has 1 unspecified atom stereocenters. The van der Waals surface area contributed by atoms with Crippen molar-refractivity contribution in [2.75, 3.05) is 20.3 Å². The first-order valence-corrected chi connectivity index (χ1v) is 8.82. The summed E-state index contributed by atoms with van der Waals surface area (Å²) in [4.78, 5) is 12.4. The molecule has 5 nitrogen and oxygen atoms in total. The maximum Gasteiger partial charge on any atom is 0.241 e. The van der Waals surface area contributed by atoms with Crippen molar-refractivity contribution < 1.29 is 14.3 Å². The van der Waals surface area contributed by atoms with Gasteiger partial charge in [0.05, 0.1) is 6.61 Å². The normalized spacial score (nSPS) is 11.8. The Hall–Kier alpha value is -2.37. The molecule has 0 fully saturated rings.